The van der Waals surface area contributed by atoms with E-state index in [0.717, 1.165) is 26.7 Å². The molecular weight excluding hydrogens is 328 g/mol. The molecule has 0 radical (unpaired) electrons. The first-order valence-electron chi connectivity index (χ1n) is 6.87. The van der Waals surface area contributed by atoms with E-state index in [1.54, 1.807) is 7.11 Å². The van der Waals surface area contributed by atoms with Crippen LogP contribution < -0.4 is 4.74 Å². The molecule has 0 N–H and O–H groups in total. The fraction of sp³-hybridized carbons (Fsp3) is 0.278. The van der Waals surface area contributed by atoms with Crippen LogP contribution in [0.1, 0.15) is 32.6 Å². The molecule has 0 fully saturated rings. The summed E-state index contributed by atoms with van der Waals surface area (Å²) in [4.78, 5) is 12.8. The number of hydrogen-bond acceptors (Lipinski definition) is 2. The second kappa shape index (κ2) is 6.44. The summed E-state index contributed by atoms with van der Waals surface area (Å²) in [5.41, 5.74) is 4.75. The lowest BCUT2D eigenvalue weighted by atomic mass is 9.94. The molecule has 2 aromatic carbocycles. The molecule has 0 spiro atoms. The third-order valence-corrected chi connectivity index (χ3v) is 4.58. The topological polar surface area (TPSA) is 26.3 Å². The zero-order valence-electron chi connectivity index (χ0n) is 12.8. The number of benzene rings is 2. The van der Waals surface area contributed by atoms with Crippen LogP contribution in [0.3, 0.4) is 0 Å². The van der Waals surface area contributed by atoms with E-state index < -0.39 is 0 Å². The molecule has 21 heavy (non-hydrogen) atoms. The summed E-state index contributed by atoms with van der Waals surface area (Å²) < 4.78 is 6.40. The van der Waals surface area contributed by atoms with Crippen molar-refractivity contribution < 1.29 is 9.53 Å². The molecule has 0 heterocycles. The van der Waals surface area contributed by atoms with E-state index in [1.165, 1.54) is 0 Å². The van der Waals surface area contributed by atoms with Crippen molar-refractivity contribution in [2.24, 2.45) is 0 Å². The van der Waals surface area contributed by atoms with Gasteiger partial charge < -0.3 is 4.74 Å². The summed E-state index contributed by atoms with van der Waals surface area (Å²) in [5, 5.41) is 0. The Labute approximate surface area is 134 Å². The van der Waals surface area contributed by atoms with Gasteiger partial charge in [0.1, 0.15) is 5.75 Å². The number of rotatable bonds is 4. The Morgan fingerprint density at radius 1 is 1.14 bits per heavy atom. The van der Waals surface area contributed by atoms with E-state index >= 15 is 0 Å². The minimum atomic E-state index is 0.0862. The Morgan fingerprint density at radius 2 is 1.81 bits per heavy atom. The summed E-state index contributed by atoms with van der Waals surface area (Å²) in [6.07, 6.45) is 0.389. The SMILES string of the molecule is COc1c(C)cc(Br)c(C)c1C(=O)Cc1ccccc1C. The van der Waals surface area contributed by atoms with Gasteiger partial charge in [-0.15, -0.1) is 0 Å². The minimum Gasteiger partial charge on any atom is -0.496 e. The number of carbonyl (C=O) groups is 1. The molecule has 0 saturated heterocycles. The van der Waals surface area contributed by atoms with Crippen LogP contribution in [0.2, 0.25) is 0 Å². The van der Waals surface area contributed by atoms with Gasteiger partial charge in [-0.1, -0.05) is 40.2 Å². The number of carbonyl (C=O) groups excluding carboxylic acids is 1. The second-order valence-electron chi connectivity index (χ2n) is 5.23. The Bertz CT molecular complexity index is 690. The maximum absolute atomic E-state index is 12.8. The van der Waals surface area contributed by atoms with Gasteiger partial charge in [-0.2, -0.15) is 0 Å². The molecular formula is C18H19BrO2. The third-order valence-electron chi connectivity index (χ3n) is 3.76. The normalized spacial score (nSPS) is 10.5. The van der Waals surface area contributed by atoms with Crippen LogP contribution in [0.5, 0.6) is 5.75 Å². The minimum absolute atomic E-state index is 0.0862. The number of hydrogen-bond donors (Lipinski definition) is 0. The lowest BCUT2D eigenvalue weighted by molar-refractivity contribution is 0.0989. The van der Waals surface area contributed by atoms with E-state index in [2.05, 4.69) is 15.9 Å². The highest BCUT2D eigenvalue weighted by Crippen LogP contribution is 2.33. The Kier molecular flexibility index (Phi) is 4.84. The molecule has 0 aliphatic heterocycles. The Hall–Kier alpha value is -1.61. The van der Waals surface area contributed by atoms with Gasteiger partial charge in [0.05, 0.1) is 12.7 Å². The van der Waals surface area contributed by atoms with E-state index in [0.29, 0.717) is 17.7 Å². The number of methoxy groups -OCH3 is 1. The number of aryl methyl sites for hydroxylation is 2. The Balaban J connectivity index is 2.47. The number of ether oxygens (including phenoxy) is 1. The summed E-state index contributed by atoms with van der Waals surface area (Å²) in [6, 6.07) is 9.96. The first kappa shape index (κ1) is 15.8. The molecule has 2 nitrogen and oxygen atoms in total. The third kappa shape index (κ3) is 3.18. The van der Waals surface area contributed by atoms with Gasteiger partial charge in [0.15, 0.2) is 5.78 Å². The first-order chi connectivity index (χ1) is 9.95. The second-order valence-corrected chi connectivity index (χ2v) is 6.09. The van der Waals surface area contributed by atoms with Crippen LogP contribution in [-0.4, -0.2) is 12.9 Å². The fourth-order valence-electron chi connectivity index (χ4n) is 2.52. The maximum atomic E-state index is 12.8. The van der Waals surface area contributed by atoms with Crippen molar-refractivity contribution in [3.05, 3.63) is 62.6 Å². The molecule has 2 rings (SSSR count). The molecule has 0 bridgehead atoms. The van der Waals surface area contributed by atoms with Crippen molar-refractivity contribution >= 4 is 21.7 Å². The van der Waals surface area contributed by atoms with E-state index in [9.17, 15) is 4.79 Å². The largest absolute Gasteiger partial charge is 0.496 e. The molecule has 0 aromatic heterocycles. The van der Waals surface area contributed by atoms with Gasteiger partial charge in [0, 0.05) is 10.9 Å². The lowest BCUT2D eigenvalue weighted by Crippen LogP contribution is -2.10. The van der Waals surface area contributed by atoms with Gasteiger partial charge in [-0.05, 0) is 49.1 Å². The molecule has 0 aliphatic rings. The molecule has 110 valence electrons. The van der Waals surface area contributed by atoms with E-state index in [-0.39, 0.29) is 5.78 Å². The average Bonchev–Trinajstić information content (AvgIpc) is 2.44. The van der Waals surface area contributed by atoms with Crippen molar-refractivity contribution in [2.45, 2.75) is 27.2 Å². The summed E-state index contributed by atoms with van der Waals surface area (Å²) in [5.74, 6) is 0.761. The molecule has 0 amide bonds. The fourth-order valence-corrected chi connectivity index (χ4v) is 3.06. The number of ketones is 1. The smallest absolute Gasteiger partial charge is 0.171 e. The molecule has 3 heteroatoms. The van der Waals surface area contributed by atoms with Crippen molar-refractivity contribution in [2.75, 3.05) is 7.11 Å². The number of Topliss-reactive ketones (excluding diaryl/α,β-unsaturated/α-hetero) is 1. The van der Waals surface area contributed by atoms with E-state index in [4.69, 9.17) is 4.74 Å². The van der Waals surface area contributed by atoms with Crippen LogP contribution >= 0.6 is 15.9 Å². The van der Waals surface area contributed by atoms with Gasteiger partial charge in [-0.3, -0.25) is 4.79 Å². The first-order valence-corrected chi connectivity index (χ1v) is 7.66. The van der Waals surface area contributed by atoms with Crippen LogP contribution in [0, 0.1) is 20.8 Å². The van der Waals surface area contributed by atoms with Crippen LogP contribution in [0.15, 0.2) is 34.8 Å². The zero-order valence-corrected chi connectivity index (χ0v) is 14.4. The molecule has 0 atom stereocenters. The molecule has 0 unspecified atom stereocenters. The standard InChI is InChI=1S/C18H19BrO2/c1-11-7-5-6-8-14(11)10-16(20)17-13(3)15(19)9-12(2)18(17)21-4/h5-9H,10H2,1-4H3. The van der Waals surface area contributed by atoms with Crippen LogP contribution in [0.25, 0.3) is 0 Å². The monoisotopic (exact) mass is 346 g/mol. The average molecular weight is 347 g/mol. The Morgan fingerprint density at radius 3 is 2.43 bits per heavy atom. The van der Waals surface area contributed by atoms with Crippen LogP contribution in [0.4, 0.5) is 0 Å². The summed E-state index contributed by atoms with van der Waals surface area (Å²) >= 11 is 3.52. The van der Waals surface area contributed by atoms with Crippen LogP contribution in [-0.2, 0) is 6.42 Å². The zero-order chi connectivity index (χ0) is 15.6. The molecule has 0 saturated carbocycles. The highest BCUT2D eigenvalue weighted by atomic mass is 79.9. The number of halogens is 1. The van der Waals surface area contributed by atoms with Crippen molar-refractivity contribution in [3.63, 3.8) is 0 Å². The lowest BCUT2D eigenvalue weighted by Gasteiger charge is -2.15. The molecule has 2 aromatic rings. The quantitative estimate of drug-likeness (QED) is 0.742. The maximum Gasteiger partial charge on any atom is 0.171 e. The highest BCUT2D eigenvalue weighted by Gasteiger charge is 2.20. The van der Waals surface area contributed by atoms with Gasteiger partial charge in [0.2, 0.25) is 0 Å². The van der Waals surface area contributed by atoms with Gasteiger partial charge in [-0.25, -0.2) is 0 Å². The van der Waals surface area contributed by atoms with Gasteiger partial charge in [0.25, 0.3) is 0 Å². The van der Waals surface area contributed by atoms with Crippen molar-refractivity contribution in [1.29, 1.82) is 0 Å². The summed E-state index contributed by atoms with van der Waals surface area (Å²) in [6.45, 7) is 5.92. The predicted molar refractivity (Wildman–Crippen MR) is 89.4 cm³/mol. The summed E-state index contributed by atoms with van der Waals surface area (Å²) in [7, 11) is 1.61. The van der Waals surface area contributed by atoms with Crippen molar-refractivity contribution in [3.8, 4) is 5.75 Å². The predicted octanol–water partition coefficient (Wildman–Crippen LogP) is 4.81. The highest BCUT2D eigenvalue weighted by molar-refractivity contribution is 9.10. The van der Waals surface area contributed by atoms with Gasteiger partial charge >= 0.3 is 0 Å². The van der Waals surface area contributed by atoms with Crippen molar-refractivity contribution in [1.82, 2.24) is 0 Å². The van der Waals surface area contributed by atoms with E-state index in [1.807, 2.05) is 51.1 Å². The molecule has 0 aliphatic carbocycles.